The molecule has 1 aromatic rings. The van der Waals surface area contributed by atoms with E-state index in [4.69, 9.17) is 5.73 Å². The van der Waals surface area contributed by atoms with Gasteiger partial charge in [0, 0.05) is 24.3 Å². The van der Waals surface area contributed by atoms with Crippen LogP contribution in [0.15, 0.2) is 0 Å². The van der Waals surface area contributed by atoms with E-state index in [0.29, 0.717) is 24.6 Å². The van der Waals surface area contributed by atoms with E-state index < -0.39 is 5.92 Å². The standard InChI is InChI=1S/C13H19F2N3/c14-13(15)6-4-9(5-7-13)11-10(8-2-1-3-8)12(16)18-17-11/h8-9H,1-7H2,(H3,16,17,18). The summed E-state index contributed by atoms with van der Waals surface area (Å²) >= 11 is 0. The Kier molecular flexibility index (Phi) is 2.79. The zero-order valence-corrected chi connectivity index (χ0v) is 10.4. The lowest BCUT2D eigenvalue weighted by Gasteiger charge is -2.31. The van der Waals surface area contributed by atoms with Crippen molar-refractivity contribution in [3.05, 3.63) is 11.3 Å². The van der Waals surface area contributed by atoms with Crippen molar-refractivity contribution >= 4 is 5.82 Å². The van der Waals surface area contributed by atoms with E-state index in [9.17, 15) is 8.78 Å². The minimum Gasteiger partial charge on any atom is -0.384 e. The normalized spacial score (nSPS) is 25.0. The highest BCUT2D eigenvalue weighted by atomic mass is 19.3. The first-order chi connectivity index (χ1) is 8.57. The van der Waals surface area contributed by atoms with Crippen LogP contribution in [0.2, 0.25) is 0 Å². The number of halogens is 2. The molecule has 0 atom stereocenters. The Morgan fingerprint density at radius 2 is 1.78 bits per heavy atom. The van der Waals surface area contributed by atoms with Crippen molar-refractivity contribution in [3.8, 4) is 0 Å². The topological polar surface area (TPSA) is 54.7 Å². The van der Waals surface area contributed by atoms with E-state index in [2.05, 4.69) is 10.2 Å². The molecule has 1 aromatic heterocycles. The third-order valence-corrected chi connectivity index (χ3v) is 4.48. The summed E-state index contributed by atoms with van der Waals surface area (Å²) in [4.78, 5) is 0. The van der Waals surface area contributed by atoms with Gasteiger partial charge in [-0.2, -0.15) is 5.10 Å². The van der Waals surface area contributed by atoms with Crippen LogP contribution in [0.3, 0.4) is 0 Å². The third-order valence-electron chi connectivity index (χ3n) is 4.48. The summed E-state index contributed by atoms with van der Waals surface area (Å²) in [5.41, 5.74) is 8.03. The summed E-state index contributed by atoms with van der Waals surface area (Å²) < 4.78 is 26.4. The summed E-state index contributed by atoms with van der Waals surface area (Å²) in [5.74, 6) is -1.17. The number of aromatic nitrogens is 2. The summed E-state index contributed by atoms with van der Waals surface area (Å²) in [5, 5.41) is 7.14. The van der Waals surface area contributed by atoms with Crippen LogP contribution >= 0.6 is 0 Å². The predicted octanol–water partition coefficient (Wildman–Crippen LogP) is 3.55. The maximum atomic E-state index is 13.2. The van der Waals surface area contributed by atoms with Gasteiger partial charge in [-0.25, -0.2) is 8.78 Å². The minimum absolute atomic E-state index is 0.0193. The van der Waals surface area contributed by atoms with Crippen LogP contribution in [-0.2, 0) is 0 Å². The van der Waals surface area contributed by atoms with Gasteiger partial charge in [-0.05, 0) is 31.6 Å². The zero-order chi connectivity index (χ0) is 12.8. The van der Waals surface area contributed by atoms with Crippen molar-refractivity contribution in [2.45, 2.75) is 62.7 Å². The van der Waals surface area contributed by atoms with E-state index in [1.807, 2.05) is 0 Å². The first-order valence-electron chi connectivity index (χ1n) is 6.78. The Bertz CT molecular complexity index is 427. The molecule has 0 amide bonds. The van der Waals surface area contributed by atoms with Crippen LogP contribution in [0, 0.1) is 0 Å². The summed E-state index contributed by atoms with van der Waals surface area (Å²) in [6, 6.07) is 0. The molecule has 2 aliphatic rings. The van der Waals surface area contributed by atoms with Gasteiger partial charge < -0.3 is 5.73 Å². The number of aromatic amines is 1. The molecule has 100 valence electrons. The molecule has 0 unspecified atom stereocenters. The van der Waals surface area contributed by atoms with Crippen LogP contribution < -0.4 is 5.73 Å². The van der Waals surface area contributed by atoms with Crippen LogP contribution in [0.25, 0.3) is 0 Å². The maximum Gasteiger partial charge on any atom is 0.248 e. The monoisotopic (exact) mass is 255 g/mol. The van der Waals surface area contributed by atoms with E-state index in [1.54, 1.807) is 0 Å². The second kappa shape index (κ2) is 4.21. The lowest BCUT2D eigenvalue weighted by atomic mass is 9.75. The second-order valence-corrected chi connectivity index (χ2v) is 5.69. The highest BCUT2D eigenvalue weighted by molar-refractivity contribution is 5.47. The lowest BCUT2D eigenvalue weighted by molar-refractivity contribution is -0.0385. The van der Waals surface area contributed by atoms with Gasteiger partial charge in [-0.15, -0.1) is 0 Å². The fraction of sp³-hybridized carbons (Fsp3) is 0.769. The number of hydrogen-bond donors (Lipinski definition) is 2. The molecule has 2 aliphatic carbocycles. The molecule has 0 aliphatic heterocycles. The minimum atomic E-state index is -2.48. The van der Waals surface area contributed by atoms with Gasteiger partial charge in [-0.1, -0.05) is 6.42 Å². The number of nitrogen functional groups attached to an aromatic ring is 1. The molecule has 0 bridgehead atoms. The highest BCUT2D eigenvalue weighted by Gasteiger charge is 2.38. The van der Waals surface area contributed by atoms with E-state index in [0.717, 1.165) is 24.1 Å². The van der Waals surface area contributed by atoms with Crippen LogP contribution in [0.1, 0.15) is 68.0 Å². The third kappa shape index (κ3) is 1.99. The molecule has 3 nitrogen and oxygen atoms in total. The van der Waals surface area contributed by atoms with E-state index in [-0.39, 0.29) is 18.8 Å². The fourth-order valence-corrected chi connectivity index (χ4v) is 3.13. The van der Waals surface area contributed by atoms with Gasteiger partial charge in [0.25, 0.3) is 0 Å². The number of alkyl halides is 2. The Hall–Kier alpha value is -1.13. The van der Waals surface area contributed by atoms with Crippen molar-refractivity contribution in [2.75, 3.05) is 5.73 Å². The van der Waals surface area contributed by atoms with E-state index >= 15 is 0 Å². The number of nitrogens with two attached hydrogens (primary N) is 1. The average Bonchev–Trinajstić information content (AvgIpc) is 2.60. The quantitative estimate of drug-likeness (QED) is 0.849. The molecular weight excluding hydrogens is 236 g/mol. The van der Waals surface area contributed by atoms with Crippen LogP contribution in [-0.4, -0.2) is 16.1 Å². The number of anilines is 1. The van der Waals surface area contributed by atoms with Gasteiger partial charge in [0.1, 0.15) is 5.82 Å². The Morgan fingerprint density at radius 1 is 1.11 bits per heavy atom. The summed E-state index contributed by atoms with van der Waals surface area (Å²) in [7, 11) is 0. The van der Waals surface area contributed by atoms with Crippen LogP contribution in [0.4, 0.5) is 14.6 Å². The molecule has 1 heterocycles. The second-order valence-electron chi connectivity index (χ2n) is 5.69. The molecule has 2 saturated carbocycles. The summed E-state index contributed by atoms with van der Waals surface area (Å²) in [6.07, 6.45) is 4.55. The fourth-order valence-electron chi connectivity index (χ4n) is 3.13. The highest BCUT2D eigenvalue weighted by Crippen LogP contribution is 2.46. The molecule has 0 radical (unpaired) electrons. The molecule has 2 fully saturated rings. The van der Waals surface area contributed by atoms with Gasteiger partial charge >= 0.3 is 0 Å². The first kappa shape index (κ1) is 11.9. The molecule has 3 N–H and O–H groups in total. The smallest absolute Gasteiger partial charge is 0.248 e. The molecular formula is C13H19F2N3. The van der Waals surface area contributed by atoms with E-state index in [1.165, 1.54) is 6.42 Å². The Labute approximate surface area is 105 Å². The van der Waals surface area contributed by atoms with Crippen molar-refractivity contribution in [1.29, 1.82) is 0 Å². The largest absolute Gasteiger partial charge is 0.384 e. The molecule has 3 rings (SSSR count). The number of H-pyrrole nitrogens is 1. The van der Waals surface area contributed by atoms with Crippen LogP contribution in [0.5, 0.6) is 0 Å². The average molecular weight is 255 g/mol. The van der Waals surface area contributed by atoms with Crippen molar-refractivity contribution in [2.24, 2.45) is 0 Å². The predicted molar refractivity (Wildman–Crippen MR) is 65.7 cm³/mol. The van der Waals surface area contributed by atoms with Gasteiger partial charge in [0.05, 0.1) is 5.69 Å². The molecule has 0 saturated heterocycles. The first-order valence-corrected chi connectivity index (χ1v) is 6.78. The number of rotatable bonds is 2. The number of nitrogens with one attached hydrogen (secondary N) is 1. The summed E-state index contributed by atoms with van der Waals surface area (Å²) in [6.45, 7) is 0. The van der Waals surface area contributed by atoms with Gasteiger partial charge in [0.15, 0.2) is 0 Å². The molecule has 0 spiro atoms. The Balaban J connectivity index is 1.80. The van der Waals surface area contributed by atoms with Crippen molar-refractivity contribution in [3.63, 3.8) is 0 Å². The lowest BCUT2D eigenvalue weighted by Crippen LogP contribution is -2.24. The van der Waals surface area contributed by atoms with Crippen molar-refractivity contribution in [1.82, 2.24) is 10.2 Å². The zero-order valence-electron chi connectivity index (χ0n) is 10.4. The Morgan fingerprint density at radius 3 is 2.33 bits per heavy atom. The number of hydrogen-bond acceptors (Lipinski definition) is 2. The number of nitrogens with zero attached hydrogens (tertiary/aromatic N) is 1. The maximum absolute atomic E-state index is 13.2. The molecule has 5 heteroatoms. The van der Waals surface area contributed by atoms with Gasteiger partial charge in [-0.3, -0.25) is 5.10 Å². The molecule has 0 aromatic carbocycles. The van der Waals surface area contributed by atoms with Crippen molar-refractivity contribution < 1.29 is 8.78 Å². The SMILES string of the molecule is Nc1[nH]nc(C2CCC(F)(F)CC2)c1C1CCC1. The molecule has 18 heavy (non-hydrogen) atoms. The van der Waals surface area contributed by atoms with Gasteiger partial charge in [0.2, 0.25) is 5.92 Å².